The monoisotopic (exact) mass is 404 g/mol. The Labute approximate surface area is 166 Å². The maximum absolute atomic E-state index is 13.1. The minimum Gasteiger partial charge on any atom is -0.326 e. The Kier molecular flexibility index (Phi) is 7.22. The summed E-state index contributed by atoms with van der Waals surface area (Å²) in [6.07, 6.45) is -0.147. The Morgan fingerprint density at radius 3 is 2.43 bits per heavy atom. The van der Waals surface area contributed by atoms with Crippen LogP contribution in [-0.4, -0.2) is 23.4 Å². The van der Waals surface area contributed by atoms with Crippen molar-refractivity contribution in [2.75, 3.05) is 10.6 Å². The van der Waals surface area contributed by atoms with Crippen LogP contribution in [-0.2, 0) is 14.4 Å². The van der Waals surface area contributed by atoms with Crippen molar-refractivity contribution >= 4 is 46.4 Å². The molecule has 0 heterocycles. The van der Waals surface area contributed by atoms with Crippen LogP contribution >= 0.6 is 11.6 Å². The van der Waals surface area contributed by atoms with Gasteiger partial charge in [0.2, 0.25) is 5.91 Å². The topological polar surface area (TPSA) is 99.7 Å². The molecule has 0 bridgehead atoms. The lowest BCUT2D eigenvalue weighted by Gasteiger charge is -2.07. The molecule has 0 unspecified atom stereocenters. The summed E-state index contributed by atoms with van der Waals surface area (Å²) in [6, 6.07) is 10.3. The second kappa shape index (κ2) is 9.61. The van der Waals surface area contributed by atoms with E-state index in [0.29, 0.717) is 16.4 Å². The predicted octanol–water partition coefficient (Wildman–Crippen LogP) is 3.25. The van der Waals surface area contributed by atoms with Crippen LogP contribution in [0.3, 0.4) is 0 Å². The summed E-state index contributed by atoms with van der Waals surface area (Å²) in [4.78, 5) is 35.6. The Balaban J connectivity index is 1.85. The number of hydrogen-bond acceptors (Lipinski definition) is 4. The fourth-order valence-electron chi connectivity index (χ4n) is 2.10. The van der Waals surface area contributed by atoms with Crippen molar-refractivity contribution in [1.82, 2.24) is 5.43 Å². The summed E-state index contributed by atoms with van der Waals surface area (Å²) in [5, 5.41) is 9.06. The molecule has 0 spiro atoms. The molecule has 0 atom stereocenters. The van der Waals surface area contributed by atoms with Gasteiger partial charge in [-0.25, -0.2) is 9.82 Å². The summed E-state index contributed by atoms with van der Waals surface area (Å²) < 4.78 is 13.1. The smallest absolute Gasteiger partial charge is 0.326 e. The maximum atomic E-state index is 13.1. The molecule has 0 aromatic heterocycles. The van der Waals surface area contributed by atoms with Crippen LogP contribution in [0.2, 0.25) is 5.02 Å². The van der Waals surface area contributed by atoms with Gasteiger partial charge in [0.25, 0.3) is 0 Å². The van der Waals surface area contributed by atoms with Gasteiger partial charge in [0, 0.05) is 22.1 Å². The minimum atomic E-state index is -0.999. The number of nitrogens with zero attached hydrogens (tertiary/aromatic N) is 1. The molecule has 3 amide bonds. The molecule has 9 heteroatoms. The minimum absolute atomic E-state index is 0.147. The lowest BCUT2D eigenvalue weighted by molar-refractivity contribution is -0.136. The number of benzene rings is 2. The molecular formula is C19H18ClFN4O3. The van der Waals surface area contributed by atoms with Crippen LogP contribution in [0, 0.1) is 12.7 Å². The van der Waals surface area contributed by atoms with Gasteiger partial charge in [-0.3, -0.25) is 14.4 Å². The number of anilines is 2. The van der Waals surface area contributed by atoms with Crippen LogP contribution in [0.5, 0.6) is 0 Å². The third-order valence-corrected chi connectivity index (χ3v) is 3.92. The van der Waals surface area contributed by atoms with E-state index in [1.165, 1.54) is 37.3 Å². The Morgan fingerprint density at radius 1 is 1.04 bits per heavy atom. The van der Waals surface area contributed by atoms with Crippen molar-refractivity contribution in [3.8, 4) is 0 Å². The molecule has 146 valence electrons. The molecule has 2 rings (SSSR count). The van der Waals surface area contributed by atoms with Crippen molar-refractivity contribution < 1.29 is 18.8 Å². The number of rotatable bonds is 5. The molecule has 0 aliphatic carbocycles. The normalized spacial score (nSPS) is 10.9. The number of nitrogens with one attached hydrogen (secondary N) is 3. The van der Waals surface area contributed by atoms with Gasteiger partial charge < -0.3 is 10.6 Å². The quantitative estimate of drug-likeness (QED) is 0.405. The number of amides is 3. The molecule has 0 aliphatic heterocycles. The van der Waals surface area contributed by atoms with E-state index in [1.54, 1.807) is 12.1 Å². The number of carbonyl (C=O) groups is 3. The highest BCUT2D eigenvalue weighted by Gasteiger charge is 2.14. The Bertz CT molecular complexity index is 947. The van der Waals surface area contributed by atoms with Crippen LogP contribution in [0.1, 0.15) is 18.9 Å². The summed E-state index contributed by atoms with van der Waals surface area (Å²) in [6.45, 7) is 3.31. The van der Waals surface area contributed by atoms with Gasteiger partial charge in [-0.05, 0) is 49.7 Å². The predicted molar refractivity (Wildman–Crippen MR) is 106 cm³/mol. The molecule has 7 nitrogen and oxygen atoms in total. The Morgan fingerprint density at radius 2 is 1.75 bits per heavy atom. The first-order chi connectivity index (χ1) is 13.2. The zero-order valence-corrected chi connectivity index (χ0v) is 15.9. The first-order valence-electron chi connectivity index (χ1n) is 8.20. The zero-order valence-electron chi connectivity index (χ0n) is 15.2. The van der Waals surface area contributed by atoms with E-state index in [0.717, 1.165) is 5.56 Å². The van der Waals surface area contributed by atoms with Crippen molar-refractivity contribution in [3.05, 3.63) is 58.9 Å². The average molecular weight is 405 g/mol. The maximum Gasteiger partial charge on any atom is 0.329 e. The van der Waals surface area contributed by atoms with Crippen LogP contribution in [0.15, 0.2) is 47.6 Å². The Hall–Kier alpha value is -3.26. The molecule has 2 aromatic rings. The van der Waals surface area contributed by atoms with Crippen molar-refractivity contribution in [1.29, 1.82) is 0 Å². The fraction of sp³-hybridized carbons (Fsp3) is 0.158. The van der Waals surface area contributed by atoms with Crippen LogP contribution in [0.25, 0.3) is 0 Å². The SMILES string of the molecule is C/C(CC(=O)Nc1cccc(F)c1)=N\NC(=O)C(=O)Nc1ccc(C)c(Cl)c1. The van der Waals surface area contributed by atoms with Gasteiger partial charge in [-0.2, -0.15) is 5.10 Å². The largest absolute Gasteiger partial charge is 0.329 e. The van der Waals surface area contributed by atoms with Gasteiger partial charge in [-0.1, -0.05) is 23.7 Å². The molecule has 28 heavy (non-hydrogen) atoms. The molecule has 0 saturated carbocycles. The van der Waals surface area contributed by atoms with E-state index < -0.39 is 23.5 Å². The second-order valence-electron chi connectivity index (χ2n) is 5.94. The zero-order chi connectivity index (χ0) is 20.7. The number of carbonyl (C=O) groups excluding carboxylic acids is 3. The van der Waals surface area contributed by atoms with E-state index in [2.05, 4.69) is 21.2 Å². The summed E-state index contributed by atoms with van der Waals surface area (Å²) in [5.41, 5.74) is 3.83. The van der Waals surface area contributed by atoms with E-state index in [-0.39, 0.29) is 12.1 Å². The van der Waals surface area contributed by atoms with Gasteiger partial charge in [0.1, 0.15) is 5.82 Å². The van der Waals surface area contributed by atoms with Crippen LogP contribution in [0.4, 0.5) is 15.8 Å². The number of hydrogen-bond donors (Lipinski definition) is 3. The van der Waals surface area contributed by atoms with Gasteiger partial charge in [0.15, 0.2) is 0 Å². The molecular weight excluding hydrogens is 387 g/mol. The first kappa shape index (κ1) is 21.0. The highest BCUT2D eigenvalue weighted by atomic mass is 35.5. The number of hydrazone groups is 1. The molecule has 3 N–H and O–H groups in total. The van der Waals surface area contributed by atoms with Crippen molar-refractivity contribution in [2.45, 2.75) is 20.3 Å². The van der Waals surface area contributed by atoms with E-state index >= 15 is 0 Å². The molecule has 2 aromatic carbocycles. The summed E-state index contributed by atoms with van der Waals surface area (Å²) in [5.74, 6) is -2.85. The average Bonchev–Trinajstić information content (AvgIpc) is 2.62. The standard InChI is InChI=1S/C19H18ClFN4O3/c1-11-6-7-15(10-16(11)20)23-18(27)19(28)25-24-12(2)8-17(26)22-14-5-3-4-13(21)9-14/h3-7,9-10H,8H2,1-2H3,(H,22,26)(H,23,27)(H,25,28)/b24-12+. The van der Waals surface area contributed by atoms with Crippen molar-refractivity contribution in [2.24, 2.45) is 5.10 Å². The molecule has 0 saturated heterocycles. The molecule has 0 radical (unpaired) electrons. The highest BCUT2D eigenvalue weighted by Crippen LogP contribution is 2.19. The number of aryl methyl sites for hydroxylation is 1. The fourth-order valence-corrected chi connectivity index (χ4v) is 2.28. The second-order valence-corrected chi connectivity index (χ2v) is 6.35. The van der Waals surface area contributed by atoms with E-state index in [1.807, 2.05) is 6.92 Å². The molecule has 0 fully saturated rings. The van der Waals surface area contributed by atoms with Crippen molar-refractivity contribution in [3.63, 3.8) is 0 Å². The summed E-state index contributed by atoms with van der Waals surface area (Å²) in [7, 11) is 0. The van der Waals surface area contributed by atoms with Gasteiger partial charge in [0.05, 0.1) is 6.42 Å². The lowest BCUT2D eigenvalue weighted by Crippen LogP contribution is -2.33. The first-order valence-corrected chi connectivity index (χ1v) is 8.58. The van der Waals surface area contributed by atoms with Crippen LogP contribution < -0.4 is 16.1 Å². The molecule has 0 aliphatic rings. The highest BCUT2D eigenvalue weighted by molar-refractivity contribution is 6.40. The van der Waals surface area contributed by atoms with Gasteiger partial charge >= 0.3 is 11.8 Å². The third kappa shape index (κ3) is 6.48. The van der Waals surface area contributed by atoms with E-state index in [9.17, 15) is 18.8 Å². The third-order valence-electron chi connectivity index (χ3n) is 3.51. The summed E-state index contributed by atoms with van der Waals surface area (Å²) >= 11 is 5.96. The van der Waals surface area contributed by atoms with E-state index in [4.69, 9.17) is 11.6 Å². The lowest BCUT2D eigenvalue weighted by atomic mass is 10.2. The van der Waals surface area contributed by atoms with Gasteiger partial charge in [-0.15, -0.1) is 0 Å². The number of halogens is 2.